The Bertz CT molecular complexity index is 209. The van der Waals surface area contributed by atoms with Crippen molar-refractivity contribution in [2.45, 2.75) is 31.2 Å². The lowest BCUT2D eigenvalue weighted by atomic mass is 9.84. The van der Waals surface area contributed by atoms with Gasteiger partial charge < -0.3 is 5.32 Å². The van der Waals surface area contributed by atoms with Crippen molar-refractivity contribution < 1.29 is 0 Å². The van der Waals surface area contributed by atoms with Gasteiger partial charge in [0.15, 0.2) is 0 Å². The Morgan fingerprint density at radius 3 is 2.50 bits per heavy atom. The van der Waals surface area contributed by atoms with Crippen molar-refractivity contribution in [3.63, 3.8) is 0 Å². The molecule has 0 amide bonds. The zero-order chi connectivity index (χ0) is 8.44. The van der Waals surface area contributed by atoms with Crippen LogP contribution in [0.2, 0.25) is 0 Å². The van der Waals surface area contributed by atoms with E-state index >= 15 is 0 Å². The summed E-state index contributed by atoms with van der Waals surface area (Å²) < 4.78 is 0. The molecule has 0 atom stereocenters. The van der Waals surface area contributed by atoms with Crippen LogP contribution in [0.25, 0.3) is 10.4 Å². The molecule has 0 radical (unpaired) electrons. The topological polar surface area (TPSA) is 60.8 Å². The largest absolute Gasteiger partial charge is 0.317 e. The van der Waals surface area contributed by atoms with Gasteiger partial charge in [-0.15, -0.1) is 0 Å². The van der Waals surface area contributed by atoms with Crippen molar-refractivity contribution in [3.05, 3.63) is 10.4 Å². The molecule has 0 spiro atoms. The van der Waals surface area contributed by atoms with E-state index in [1.54, 1.807) is 0 Å². The van der Waals surface area contributed by atoms with Crippen LogP contribution in [0, 0.1) is 5.92 Å². The summed E-state index contributed by atoms with van der Waals surface area (Å²) >= 11 is 0. The van der Waals surface area contributed by atoms with Gasteiger partial charge in [0.05, 0.1) is 5.54 Å². The van der Waals surface area contributed by atoms with Gasteiger partial charge >= 0.3 is 0 Å². The van der Waals surface area contributed by atoms with Crippen LogP contribution in [0.5, 0.6) is 0 Å². The zero-order valence-electron chi connectivity index (χ0n) is 7.16. The van der Waals surface area contributed by atoms with Gasteiger partial charge in [0, 0.05) is 4.91 Å². The Hall–Kier alpha value is -0.730. The van der Waals surface area contributed by atoms with E-state index in [-0.39, 0.29) is 5.54 Å². The molecule has 1 saturated carbocycles. The minimum atomic E-state index is -0.0139. The monoisotopic (exact) mass is 166 g/mol. The Balaban J connectivity index is 2.13. The number of nitrogens with zero attached hydrogens (tertiary/aromatic N) is 3. The van der Waals surface area contributed by atoms with Crippen molar-refractivity contribution in [2.24, 2.45) is 11.0 Å². The van der Waals surface area contributed by atoms with Crippen LogP contribution in [0.15, 0.2) is 5.11 Å². The van der Waals surface area contributed by atoms with E-state index in [9.17, 15) is 0 Å². The third-order valence-electron chi connectivity index (χ3n) is 3.05. The quantitative estimate of drug-likeness (QED) is 0.379. The molecule has 0 unspecified atom stereocenters. The second kappa shape index (κ2) is 2.96. The Kier molecular flexibility index (Phi) is 1.95. The highest BCUT2D eigenvalue weighted by Gasteiger charge is 2.44. The number of piperidine rings is 1. The molecular formula is C8H14N4. The molecule has 4 nitrogen and oxygen atoms in total. The second-order valence-corrected chi connectivity index (χ2v) is 3.82. The summed E-state index contributed by atoms with van der Waals surface area (Å²) in [5.41, 5.74) is 8.48. The van der Waals surface area contributed by atoms with Crippen LogP contribution >= 0.6 is 0 Å². The number of hydrogen-bond donors (Lipinski definition) is 1. The van der Waals surface area contributed by atoms with Gasteiger partial charge in [-0.1, -0.05) is 5.11 Å². The van der Waals surface area contributed by atoms with Gasteiger partial charge in [-0.2, -0.15) is 0 Å². The second-order valence-electron chi connectivity index (χ2n) is 3.82. The summed E-state index contributed by atoms with van der Waals surface area (Å²) in [6.07, 6.45) is 4.58. The van der Waals surface area contributed by atoms with Crippen LogP contribution < -0.4 is 5.32 Å². The molecule has 12 heavy (non-hydrogen) atoms. The molecule has 4 heteroatoms. The molecular weight excluding hydrogens is 152 g/mol. The lowest BCUT2D eigenvalue weighted by Gasteiger charge is -2.33. The van der Waals surface area contributed by atoms with Crippen molar-refractivity contribution in [1.82, 2.24) is 5.32 Å². The van der Waals surface area contributed by atoms with Gasteiger partial charge in [-0.25, -0.2) is 0 Å². The van der Waals surface area contributed by atoms with E-state index in [1.165, 1.54) is 12.8 Å². The number of azide groups is 1. The van der Waals surface area contributed by atoms with Crippen LogP contribution in [0.3, 0.4) is 0 Å². The minimum Gasteiger partial charge on any atom is -0.317 e. The number of hydrogen-bond acceptors (Lipinski definition) is 2. The standard InChI is InChI=1S/C8H14N4/c9-12-11-8(7-1-2-7)3-5-10-6-4-8/h7,10H,1-6H2. The third kappa shape index (κ3) is 1.28. The predicted octanol–water partition coefficient (Wildman–Crippen LogP) is 1.83. The highest BCUT2D eigenvalue weighted by molar-refractivity contribution is 5.03. The fourth-order valence-electron chi connectivity index (χ4n) is 2.16. The number of rotatable bonds is 2. The fourth-order valence-corrected chi connectivity index (χ4v) is 2.16. The minimum absolute atomic E-state index is 0.0139. The molecule has 0 aromatic heterocycles. The first kappa shape index (κ1) is 7.90. The predicted molar refractivity (Wildman–Crippen MR) is 46.7 cm³/mol. The first-order chi connectivity index (χ1) is 5.87. The molecule has 2 rings (SSSR count). The van der Waals surface area contributed by atoms with Crippen molar-refractivity contribution in [1.29, 1.82) is 0 Å². The smallest absolute Gasteiger partial charge is 0.0540 e. The molecule has 1 saturated heterocycles. The summed E-state index contributed by atoms with van der Waals surface area (Å²) in [5.74, 6) is 0.690. The first-order valence-corrected chi connectivity index (χ1v) is 4.64. The summed E-state index contributed by atoms with van der Waals surface area (Å²) in [7, 11) is 0. The maximum Gasteiger partial charge on any atom is 0.0540 e. The van der Waals surface area contributed by atoms with E-state index in [2.05, 4.69) is 15.3 Å². The van der Waals surface area contributed by atoms with Gasteiger partial charge in [-0.05, 0) is 50.2 Å². The molecule has 2 aliphatic rings. The fraction of sp³-hybridized carbons (Fsp3) is 1.00. The third-order valence-corrected chi connectivity index (χ3v) is 3.05. The molecule has 1 N–H and O–H groups in total. The lowest BCUT2D eigenvalue weighted by Crippen LogP contribution is -2.41. The zero-order valence-corrected chi connectivity index (χ0v) is 7.16. The van der Waals surface area contributed by atoms with Crippen molar-refractivity contribution >= 4 is 0 Å². The van der Waals surface area contributed by atoms with Gasteiger partial charge in [0.1, 0.15) is 0 Å². The maximum atomic E-state index is 8.50. The Morgan fingerprint density at radius 1 is 1.33 bits per heavy atom. The summed E-state index contributed by atoms with van der Waals surface area (Å²) in [5, 5.41) is 7.31. The number of nitrogens with one attached hydrogen (secondary N) is 1. The SMILES string of the molecule is [N-]=[N+]=NC1(C2CC2)CCNCC1. The summed E-state index contributed by atoms with van der Waals surface area (Å²) in [6.45, 7) is 2.02. The summed E-state index contributed by atoms with van der Waals surface area (Å²) in [6, 6.07) is 0. The normalized spacial score (nSPS) is 27.7. The van der Waals surface area contributed by atoms with Crippen LogP contribution in [0.1, 0.15) is 25.7 Å². The molecule has 66 valence electrons. The van der Waals surface area contributed by atoms with Gasteiger partial charge in [0.25, 0.3) is 0 Å². The molecule has 1 aliphatic carbocycles. The van der Waals surface area contributed by atoms with E-state index in [1.807, 2.05) is 0 Å². The average Bonchev–Trinajstić information content (AvgIpc) is 2.89. The van der Waals surface area contributed by atoms with Crippen LogP contribution in [-0.2, 0) is 0 Å². The summed E-state index contributed by atoms with van der Waals surface area (Å²) in [4.78, 5) is 2.99. The van der Waals surface area contributed by atoms with Crippen LogP contribution in [0.4, 0.5) is 0 Å². The highest BCUT2D eigenvalue weighted by Crippen LogP contribution is 2.46. The molecule has 0 aromatic carbocycles. The van der Waals surface area contributed by atoms with Crippen LogP contribution in [-0.4, -0.2) is 18.6 Å². The highest BCUT2D eigenvalue weighted by atomic mass is 15.2. The molecule has 1 heterocycles. The Morgan fingerprint density at radius 2 is 2.00 bits per heavy atom. The van der Waals surface area contributed by atoms with Gasteiger partial charge in [-0.3, -0.25) is 0 Å². The maximum absolute atomic E-state index is 8.50. The van der Waals surface area contributed by atoms with Gasteiger partial charge in [0.2, 0.25) is 0 Å². The van der Waals surface area contributed by atoms with Crippen molar-refractivity contribution in [3.8, 4) is 0 Å². The lowest BCUT2D eigenvalue weighted by molar-refractivity contribution is 0.274. The molecule has 0 aromatic rings. The van der Waals surface area contributed by atoms with E-state index in [0.717, 1.165) is 25.9 Å². The molecule has 2 fully saturated rings. The molecule has 0 bridgehead atoms. The first-order valence-electron chi connectivity index (χ1n) is 4.64. The van der Waals surface area contributed by atoms with E-state index < -0.39 is 0 Å². The Labute approximate surface area is 72.0 Å². The van der Waals surface area contributed by atoms with E-state index in [4.69, 9.17) is 5.53 Å². The van der Waals surface area contributed by atoms with E-state index in [0.29, 0.717) is 5.92 Å². The molecule has 1 aliphatic heterocycles. The average molecular weight is 166 g/mol. The van der Waals surface area contributed by atoms with Crippen molar-refractivity contribution in [2.75, 3.05) is 13.1 Å².